The van der Waals surface area contributed by atoms with Crippen molar-refractivity contribution in [3.05, 3.63) is 36.5 Å². The Morgan fingerprint density at radius 3 is 1.77 bits per heavy atom. The standard InChI is InChI=1S/C38H73N/c1-8-11-14-16-18-20-22-30-37(32-26-29-35(4)27-21-13-10-3)38(31-23-19-17-15-12-9-2)34-36(5)28-24-25-33-39(6)7/h16-19,35,37-38H,5,8-15,20-34H2,1-4,6-7H3/b18-16+,19-17+. The molecule has 39 heavy (non-hydrogen) atoms. The highest BCUT2D eigenvalue weighted by molar-refractivity contribution is 4.98. The molecule has 0 saturated heterocycles. The molecule has 0 aliphatic heterocycles. The SMILES string of the molecule is C=C(CCCCN(C)C)CC(CC/C=C/CCCC)C(CCC/C=C/CCCC)CCCC(C)CCCCC. The minimum absolute atomic E-state index is 0.807. The Morgan fingerprint density at radius 1 is 0.590 bits per heavy atom. The van der Waals surface area contributed by atoms with Gasteiger partial charge in [0.2, 0.25) is 0 Å². The van der Waals surface area contributed by atoms with Crippen LogP contribution in [0.5, 0.6) is 0 Å². The zero-order valence-electron chi connectivity index (χ0n) is 28.0. The summed E-state index contributed by atoms with van der Waals surface area (Å²) in [7, 11) is 4.38. The van der Waals surface area contributed by atoms with Gasteiger partial charge in [-0.25, -0.2) is 0 Å². The van der Waals surface area contributed by atoms with Crippen LogP contribution in [0, 0.1) is 17.8 Å². The molecule has 0 N–H and O–H groups in total. The lowest BCUT2D eigenvalue weighted by Crippen LogP contribution is -2.17. The predicted octanol–water partition coefficient (Wildman–Crippen LogP) is 12.7. The van der Waals surface area contributed by atoms with Gasteiger partial charge in [-0.1, -0.05) is 135 Å². The van der Waals surface area contributed by atoms with Crippen molar-refractivity contribution in [2.45, 2.75) is 169 Å². The van der Waals surface area contributed by atoms with Crippen LogP contribution in [0.1, 0.15) is 169 Å². The first-order chi connectivity index (χ1) is 18.9. The van der Waals surface area contributed by atoms with Crippen LogP contribution in [0.2, 0.25) is 0 Å². The molecule has 0 saturated carbocycles. The number of hydrogen-bond acceptors (Lipinski definition) is 1. The average Bonchev–Trinajstić information content (AvgIpc) is 2.91. The molecule has 3 atom stereocenters. The fraction of sp³-hybridized carbons (Fsp3) is 0.842. The third-order valence-electron chi connectivity index (χ3n) is 8.61. The molecule has 0 radical (unpaired) electrons. The van der Waals surface area contributed by atoms with Crippen molar-refractivity contribution in [2.24, 2.45) is 17.8 Å². The molecule has 1 heteroatoms. The minimum Gasteiger partial charge on any atom is -0.309 e. The molecule has 230 valence electrons. The highest BCUT2D eigenvalue weighted by Crippen LogP contribution is 2.34. The third kappa shape index (κ3) is 25.9. The first-order valence-corrected chi connectivity index (χ1v) is 17.6. The van der Waals surface area contributed by atoms with Crippen molar-refractivity contribution < 1.29 is 0 Å². The fourth-order valence-corrected chi connectivity index (χ4v) is 5.94. The van der Waals surface area contributed by atoms with Crippen molar-refractivity contribution in [2.75, 3.05) is 20.6 Å². The molecule has 0 heterocycles. The van der Waals surface area contributed by atoms with E-state index < -0.39 is 0 Å². The van der Waals surface area contributed by atoms with Crippen LogP contribution >= 0.6 is 0 Å². The molecular formula is C38H73N. The van der Waals surface area contributed by atoms with E-state index in [1.807, 2.05) is 0 Å². The van der Waals surface area contributed by atoms with Gasteiger partial charge in [0.15, 0.2) is 0 Å². The average molecular weight is 544 g/mol. The zero-order chi connectivity index (χ0) is 29.0. The van der Waals surface area contributed by atoms with Crippen LogP contribution in [-0.4, -0.2) is 25.5 Å². The molecule has 0 aliphatic rings. The molecule has 0 aromatic rings. The van der Waals surface area contributed by atoms with Gasteiger partial charge in [0.25, 0.3) is 0 Å². The van der Waals surface area contributed by atoms with Gasteiger partial charge in [-0.2, -0.15) is 0 Å². The lowest BCUT2D eigenvalue weighted by Gasteiger charge is -2.29. The van der Waals surface area contributed by atoms with Gasteiger partial charge in [-0.3, -0.25) is 0 Å². The molecule has 0 fully saturated rings. The summed E-state index contributed by atoms with van der Waals surface area (Å²) >= 11 is 0. The topological polar surface area (TPSA) is 3.24 Å². The van der Waals surface area contributed by atoms with Gasteiger partial charge in [0.05, 0.1) is 0 Å². The van der Waals surface area contributed by atoms with Gasteiger partial charge in [0.1, 0.15) is 0 Å². The monoisotopic (exact) mass is 544 g/mol. The molecule has 0 spiro atoms. The van der Waals surface area contributed by atoms with E-state index in [2.05, 4.69) is 77.6 Å². The van der Waals surface area contributed by atoms with Crippen LogP contribution in [0.4, 0.5) is 0 Å². The van der Waals surface area contributed by atoms with Crippen molar-refractivity contribution in [3.63, 3.8) is 0 Å². The van der Waals surface area contributed by atoms with Crippen molar-refractivity contribution in [1.82, 2.24) is 4.90 Å². The van der Waals surface area contributed by atoms with E-state index in [9.17, 15) is 0 Å². The summed E-state index contributed by atoms with van der Waals surface area (Å²) in [5.74, 6) is 2.56. The Hall–Kier alpha value is -0.820. The second kappa shape index (κ2) is 28.7. The Bertz CT molecular complexity index is 571. The smallest absolute Gasteiger partial charge is 0.00247 e. The minimum atomic E-state index is 0.807. The Kier molecular flexibility index (Phi) is 28.1. The van der Waals surface area contributed by atoms with Crippen LogP contribution in [-0.2, 0) is 0 Å². The third-order valence-corrected chi connectivity index (χ3v) is 8.61. The van der Waals surface area contributed by atoms with Crippen LogP contribution < -0.4 is 0 Å². The van der Waals surface area contributed by atoms with Crippen LogP contribution in [0.25, 0.3) is 0 Å². The van der Waals surface area contributed by atoms with Gasteiger partial charge in [-0.05, 0) is 109 Å². The maximum Gasteiger partial charge on any atom is -0.00247 e. The zero-order valence-corrected chi connectivity index (χ0v) is 28.0. The molecule has 1 nitrogen and oxygen atoms in total. The van der Waals surface area contributed by atoms with E-state index in [1.165, 1.54) is 153 Å². The molecular weight excluding hydrogens is 470 g/mol. The van der Waals surface area contributed by atoms with E-state index in [4.69, 9.17) is 0 Å². The molecule has 0 amide bonds. The summed E-state index contributed by atoms with van der Waals surface area (Å²) in [5.41, 5.74) is 1.52. The summed E-state index contributed by atoms with van der Waals surface area (Å²) in [4.78, 5) is 2.31. The predicted molar refractivity (Wildman–Crippen MR) is 181 cm³/mol. The number of allylic oxidation sites excluding steroid dienone is 5. The number of hydrogen-bond donors (Lipinski definition) is 0. The van der Waals surface area contributed by atoms with Gasteiger partial charge >= 0.3 is 0 Å². The molecule has 0 rings (SSSR count). The van der Waals surface area contributed by atoms with Crippen molar-refractivity contribution in [3.8, 4) is 0 Å². The van der Waals surface area contributed by atoms with Gasteiger partial charge in [-0.15, -0.1) is 0 Å². The van der Waals surface area contributed by atoms with Crippen LogP contribution in [0.3, 0.4) is 0 Å². The van der Waals surface area contributed by atoms with E-state index in [1.54, 1.807) is 0 Å². The second-order valence-electron chi connectivity index (χ2n) is 13.0. The Morgan fingerprint density at radius 2 is 1.15 bits per heavy atom. The normalized spacial score (nSPS) is 14.5. The highest BCUT2D eigenvalue weighted by Gasteiger charge is 2.22. The lowest BCUT2D eigenvalue weighted by molar-refractivity contribution is 0.257. The number of unbranched alkanes of at least 4 members (excludes halogenated alkanes) is 8. The highest BCUT2D eigenvalue weighted by atomic mass is 15.0. The molecule has 0 aromatic carbocycles. The van der Waals surface area contributed by atoms with Crippen molar-refractivity contribution in [1.29, 1.82) is 0 Å². The quantitative estimate of drug-likeness (QED) is 0.0669. The summed E-state index contributed by atoms with van der Waals surface area (Å²) in [6, 6.07) is 0. The largest absolute Gasteiger partial charge is 0.309 e. The van der Waals surface area contributed by atoms with Crippen LogP contribution in [0.15, 0.2) is 36.5 Å². The summed E-state index contributed by atoms with van der Waals surface area (Å²) in [6.07, 6.45) is 39.2. The number of rotatable bonds is 29. The Balaban J connectivity index is 5.16. The van der Waals surface area contributed by atoms with E-state index in [-0.39, 0.29) is 0 Å². The van der Waals surface area contributed by atoms with E-state index in [0.717, 1.165) is 17.8 Å². The summed E-state index contributed by atoms with van der Waals surface area (Å²) in [5, 5.41) is 0. The fourth-order valence-electron chi connectivity index (χ4n) is 5.94. The lowest BCUT2D eigenvalue weighted by atomic mass is 9.77. The first kappa shape index (κ1) is 38.2. The number of nitrogens with zero attached hydrogens (tertiary/aromatic N) is 1. The molecule has 0 bridgehead atoms. The second-order valence-corrected chi connectivity index (χ2v) is 13.0. The molecule has 3 unspecified atom stereocenters. The van der Waals surface area contributed by atoms with E-state index in [0.29, 0.717) is 0 Å². The van der Waals surface area contributed by atoms with Gasteiger partial charge < -0.3 is 4.90 Å². The maximum absolute atomic E-state index is 4.61. The van der Waals surface area contributed by atoms with Crippen molar-refractivity contribution >= 4 is 0 Å². The summed E-state index contributed by atoms with van der Waals surface area (Å²) < 4.78 is 0. The molecule has 0 aromatic heterocycles. The summed E-state index contributed by atoms with van der Waals surface area (Å²) in [6.45, 7) is 15.2. The van der Waals surface area contributed by atoms with E-state index >= 15 is 0 Å². The van der Waals surface area contributed by atoms with Gasteiger partial charge in [0, 0.05) is 0 Å². The first-order valence-electron chi connectivity index (χ1n) is 17.6. The Labute approximate surface area is 248 Å². The molecule has 0 aliphatic carbocycles. The maximum atomic E-state index is 4.61.